The second-order valence-corrected chi connectivity index (χ2v) is 9.90. The van der Waals surface area contributed by atoms with E-state index in [1.807, 2.05) is 50.2 Å². The summed E-state index contributed by atoms with van der Waals surface area (Å²) < 4.78 is 11.7. The Balaban J connectivity index is 1.65. The van der Waals surface area contributed by atoms with Crippen molar-refractivity contribution < 1.29 is 14.3 Å². The minimum absolute atomic E-state index is 0.0641. The van der Waals surface area contributed by atoms with E-state index in [9.17, 15) is 4.79 Å². The monoisotopic (exact) mass is 560 g/mol. The van der Waals surface area contributed by atoms with E-state index in [4.69, 9.17) is 26.8 Å². The Hall–Kier alpha value is -3.81. The highest BCUT2D eigenvalue weighted by atomic mass is 35.5. The molecule has 8 heteroatoms. The second kappa shape index (κ2) is 14.0. The van der Waals surface area contributed by atoms with E-state index in [2.05, 4.69) is 40.7 Å². The Kier molecular flexibility index (Phi) is 10.2. The van der Waals surface area contributed by atoms with Crippen molar-refractivity contribution in [1.29, 1.82) is 0 Å². The van der Waals surface area contributed by atoms with E-state index in [0.29, 0.717) is 24.7 Å². The summed E-state index contributed by atoms with van der Waals surface area (Å²) in [7, 11) is 0. The van der Waals surface area contributed by atoms with E-state index < -0.39 is 5.91 Å². The average Bonchev–Trinajstić information content (AvgIpc) is 2.93. The van der Waals surface area contributed by atoms with Crippen molar-refractivity contribution in [2.75, 3.05) is 25.1 Å². The number of halogens is 1. The number of anilines is 2. The SMILES string of the molecule is CCOc1cc2ncc(CC(N)=O)c(Nc3cccc(CNCCc4cccc(Cl)c4)c3CC)c2cc1OCC. The third-order valence-electron chi connectivity index (χ3n) is 6.66. The number of pyridine rings is 1. The van der Waals surface area contributed by atoms with Crippen LogP contribution >= 0.6 is 11.6 Å². The zero-order valence-electron chi connectivity index (χ0n) is 23.4. The van der Waals surface area contributed by atoms with Gasteiger partial charge in [-0.3, -0.25) is 9.78 Å². The highest BCUT2D eigenvalue weighted by Crippen LogP contribution is 2.38. The molecule has 0 saturated heterocycles. The fourth-order valence-corrected chi connectivity index (χ4v) is 5.08. The molecular weight excluding hydrogens is 524 g/mol. The third kappa shape index (κ3) is 7.23. The average molecular weight is 561 g/mol. The van der Waals surface area contributed by atoms with Crippen LogP contribution in [0.2, 0.25) is 5.02 Å². The number of fused-ring (bicyclic) bond motifs is 1. The van der Waals surface area contributed by atoms with Crippen molar-refractivity contribution in [2.45, 2.75) is 46.6 Å². The number of hydrogen-bond acceptors (Lipinski definition) is 6. The number of amides is 1. The Labute approximate surface area is 241 Å². The lowest BCUT2D eigenvalue weighted by Crippen LogP contribution is -2.18. The zero-order chi connectivity index (χ0) is 28.5. The van der Waals surface area contributed by atoms with Gasteiger partial charge in [-0.15, -0.1) is 0 Å². The van der Waals surface area contributed by atoms with Gasteiger partial charge in [-0.1, -0.05) is 42.8 Å². The molecule has 0 fully saturated rings. The number of carbonyl (C=O) groups excluding carboxylic acids is 1. The number of primary amides is 1. The smallest absolute Gasteiger partial charge is 0.221 e. The topological polar surface area (TPSA) is 98.5 Å². The van der Waals surface area contributed by atoms with Crippen LogP contribution in [0.5, 0.6) is 11.5 Å². The van der Waals surface area contributed by atoms with Crippen LogP contribution in [-0.4, -0.2) is 30.6 Å². The number of hydrogen-bond donors (Lipinski definition) is 3. The lowest BCUT2D eigenvalue weighted by molar-refractivity contribution is -0.117. The summed E-state index contributed by atoms with van der Waals surface area (Å²) >= 11 is 6.13. The number of rotatable bonds is 14. The molecule has 4 aromatic rings. The zero-order valence-corrected chi connectivity index (χ0v) is 24.1. The van der Waals surface area contributed by atoms with Crippen molar-refractivity contribution in [1.82, 2.24) is 10.3 Å². The van der Waals surface area contributed by atoms with Crippen LogP contribution in [0.15, 0.2) is 60.8 Å². The number of aromatic nitrogens is 1. The molecule has 4 N–H and O–H groups in total. The molecule has 40 heavy (non-hydrogen) atoms. The molecule has 4 rings (SSSR count). The molecule has 0 bridgehead atoms. The third-order valence-corrected chi connectivity index (χ3v) is 6.89. The number of carbonyl (C=O) groups is 1. The van der Waals surface area contributed by atoms with Crippen LogP contribution in [0.1, 0.15) is 43.0 Å². The first-order valence-corrected chi connectivity index (χ1v) is 14.1. The molecule has 0 radical (unpaired) electrons. The number of benzene rings is 3. The fraction of sp³-hybridized carbons (Fsp3) is 0.312. The molecule has 0 aliphatic rings. The quantitative estimate of drug-likeness (QED) is 0.155. The van der Waals surface area contributed by atoms with Gasteiger partial charge in [0.25, 0.3) is 0 Å². The van der Waals surface area contributed by atoms with Crippen molar-refractivity contribution >= 4 is 39.8 Å². The molecule has 1 amide bonds. The molecule has 0 atom stereocenters. The Morgan fingerprint density at radius 3 is 2.42 bits per heavy atom. The highest BCUT2D eigenvalue weighted by molar-refractivity contribution is 6.30. The maximum atomic E-state index is 12.0. The molecule has 0 aliphatic carbocycles. The van der Waals surface area contributed by atoms with Crippen LogP contribution in [-0.2, 0) is 30.6 Å². The largest absolute Gasteiger partial charge is 0.490 e. The first-order valence-electron chi connectivity index (χ1n) is 13.8. The van der Waals surface area contributed by atoms with E-state index in [-0.39, 0.29) is 6.42 Å². The number of nitrogens with one attached hydrogen (secondary N) is 2. The van der Waals surface area contributed by atoms with Gasteiger partial charge in [0.15, 0.2) is 11.5 Å². The molecule has 0 aliphatic heterocycles. The summed E-state index contributed by atoms with van der Waals surface area (Å²) in [6, 6.07) is 18.0. The summed E-state index contributed by atoms with van der Waals surface area (Å²) in [4.78, 5) is 16.6. The maximum Gasteiger partial charge on any atom is 0.221 e. The van der Waals surface area contributed by atoms with E-state index in [0.717, 1.165) is 58.8 Å². The number of nitrogens with zero attached hydrogens (tertiary/aromatic N) is 1. The van der Waals surface area contributed by atoms with Crippen LogP contribution < -0.4 is 25.8 Å². The maximum absolute atomic E-state index is 12.0. The summed E-state index contributed by atoms with van der Waals surface area (Å²) in [5.41, 5.74) is 12.4. The molecule has 1 heterocycles. The molecule has 1 aromatic heterocycles. The molecule has 3 aromatic carbocycles. The standard InChI is InChI=1S/C32H37ClN4O3/c1-4-25-22(19-35-14-13-21-9-7-11-24(33)15-21)10-8-12-27(25)37-32-23(16-31(34)38)20-36-28-18-30(40-6-3)29(39-5-2)17-26(28)32/h7-12,15,17-18,20,35H,4-6,13-14,16,19H2,1-3H3,(H2,34,38)(H,36,37). The first kappa shape index (κ1) is 29.2. The number of ether oxygens (including phenoxy) is 2. The van der Waals surface area contributed by atoms with Crippen LogP contribution in [0.4, 0.5) is 11.4 Å². The van der Waals surface area contributed by atoms with Gasteiger partial charge in [0.1, 0.15) is 0 Å². The Morgan fingerprint density at radius 1 is 0.975 bits per heavy atom. The molecule has 0 unspecified atom stereocenters. The molecule has 0 saturated carbocycles. The Morgan fingerprint density at radius 2 is 1.73 bits per heavy atom. The summed E-state index contributed by atoms with van der Waals surface area (Å²) in [6.45, 7) is 8.58. The predicted octanol–water partition coefficient (Wildman–Crippen LogP) is 6.35. The van der Waals surface area contributed by atoms with Gasteiger partial charge in [0, 0.05) is 40.5 Å². The minimum atomic E-state index is -0.423. The Bertz CT molecular complexity index is 1470. The van der Waals surface area contributed by atoms with Crippen LogP contribution in [0.25, 0.3) is 10.9 Å². The molecule has 210 valence electrons. The first-order chi connectivity index (χ1) is 19.4. The predicted molar refractivity (Wildman–Crippen MR) is 163 cm³/mol. The van der Waals surface area contributed by atoms with Crippen molar-refractivity contribution in [3.8, 4) is 11.5 Å². The van der Waals surface area contributed by atoms with E-state index in [1.165, 1.54) is 16.7 Å². The van der Waals surface area contributed by atoms with Gasteiger partial charge in [-0.2, -0.15) is 0 Å². The normalized spacial score (nSPS) is 11.0. The van der Waals surface area contributed by atoms with Crippen LogP contribution in [0, 0.1) is 0 Å². The van der Waals surface area contributed by atoms with Gasteiger partial charge in [0.2, 0.25) is 5.91 Å². The van der Waals surface area contributed by atoms with Crippen molar-refractivity contribution in [2.24, 2.45) is 5.73 Å². The molecular formula is C32H37ClN4O3. The van der Waals surface area contributed by atoms with Gasteiger partial charge < -0.3 is 25.8 Å². The van der Waals surface area contributed by atoms with Crippen LogP contribution in [0.3, 0.4) is 0 Å². The lowest BCUT2D eigenvalue weighted by atomic mass is 10.0. The lowest BCUT2D eigenvalue weighted by Gasteiger charge is -2.20. The van der Waals surface area contributed by atoms with Gasteiger partial charge in [0.05, 0.1) is 30.8 Å². The number of nitrogens with two attached hydrogens (primary N) is 1. The summed E-state index contributed by atoms with van der Waals surface area (Å²) in [5, 5.41) is 8.79. The van der Waals surface area contributed by atoms with E-state index in [1.54, 1.807) is 6.20 Å². The highest BCUT2D eigenvalue weighted by Gasteiger charge is 2.17. The summed E-state index contributed by atoms with van der Waals surface area (Å²) in [5.74, 6) is 0.845. The van der Waals surface area contributed by atoms with Gasteiger partial charge in [-0.05, 0) is 74.2 Å². The molecule has 7 nitrogen and oxygen atoms in total. The van der Waals surface area contributed by atoms with Gasteiger partial charge >= 0.3 is 0 Å². The fourth-order valence-electron chi connectivity index (χ4n) is 4.87. The summed E-state index contributed by atoms with van der Waals surface area (Å²) in [6.07, 6.45) is 3.50. The van der Waals surface area contributed by atoms with Crippen molar-refractivity contribution in [3.63, 3.8) is 0 Å². The minimum Gasteiger partial charge on any atom is -0.490 e. The van der Waals surface area contributed by atoms with Crippen molar-refractivity contribution in [3.05, 3.63) is 88.1 Å². The molecule has 0 spiro atoms. The van der Waals surface area contributed by atoms with E-state index >= 15 is 0 Å². The van der Waals surface area contributed by atoms with Gasteiger partial charge in [-0.25, -0.2) is 0 Å². The second-order valence-electron chi connectivity index (χ2n) is 9.46.